The molecular formula is C11H11ClN2O2S. The number of fused-ring (bicyclic) bond motifs is 1. The lowest BCUT2D eigenvalue weighted by Gasteiger charge is -2.02. The van der Waals surface area contributed by atoms with Crippen molar-refractivity contribution in [3.05, 3.63) is 34.2 Å². The average Bonchev–Trinajstić information content (AvgIpc) is 2.63. The molecule has 6 heteroatoms. The second kappa shape index (κ2) is 5.46. The maximum Gasteiger partial charge on any atom is 0.245 e. The molecule has 0 saturated heterocycles. The molecule has 0 atom stereocenters. The Kier molecular flexibility index (Phi) is 3.96. The Bertz CT molecular complexity index is 541. The van der Waals surface area contributed by atoms with Gasteiger partial charge in [0.15, 0.2) is 0 Å². The van der Waals surface area contributed by atoms with E-state index in [1.807, 2.05) is 24.3 Å². The summed E-state index contributed by atoms with van der Waals surface area (Å²) in [7, 11) is 0. The van der Waals surface area contributed by atoms with Crippen LogP contribution in [-0.2, 0) is 16.2 Å². The molecule has 0 bridgehead atoms. The van der Waals surface area contributed by atoms with Crippen LogP contribution in [0.15, 0.2) is 24.3 Å². The number of nitrogens with two attached hydrogens (primary N) is 1. The van der Waals surface area contributed by atoms with Gasteiger partial charge < -0.3 is 5.73 Å². The van der Waals surface area contributed by atoms with E-state index in [9.17, 15) is 4.79 Å². The number of carbonyl (C=O) groups is 1. The summed E-state index contributed by atoms with van der Waals surface area (Å²) in [6.07, 6.45) is 0. The van der Waals surface area contributed by atoms with Crippen LogP contribution in [0.3, 0.4) is 0 Å². The summed E-state index contributed by atoms with van der Waals surface area (Å²) < 4.78 is 1.13. The fourth-order valence-electron chi connectivity index (χ4n) is 1.42. The number of hydroxylamine groups is 1. The predicted octanol–water partition coefficient (Wildman–Crippen LogP) is 2.06. The van der Waals surface area contributed by atoms with Gasteiger partial charge in [0.2, 0.25) is 5.91 Å². The Morgan fingerprint density at radius 3 is 2.94 bits per heavy atom. The van der Waals surface area contributed by atoms with Crippen LogP contribution in [0.25, 0.3) is 10.1 Å². The first-order valence-electron chi connectivity index (χ1n) is 4.97. The van der Waals surface area contributed by atoms with Gasteiger partial charge in [-0.2, -0.15) is 5.48 Å². The Labute approximate surface area is 107 Å². The maximum atomic E-state index is 10.5. The number of primary amides is 1. The van der Waals surface area contributed by atoms with Crippen molar-refractivity contribution in [2.24, 2.45) is 5.73 Å². The third kappa shape index (κ3) is 2.95. The summed E-state index contributed by atoms with van der Waals surface area (Å²) in [6.45, 7) is 0.300. The molecule has 17 heavy (non-hydrogen) atoms. The van der Waals surface area contributed by atoms with Crippen molar-refractivity contribution in [3.8, 4) is 0 Å². The first-order chi connectivity index (χ1) is 8.18. The molecular weight excluding hydrogens is 260 g/mol. The van der Waals surface area contributed by atoms with Crippen molar-refractivity contribution >= 4 is 38.9 Å². The second-order valence-corrected chi connectivity index (χ2v) is 4.93. The maximum absolute atomic E-state index is 10.5. The topological polar surface area (TPSA) is 64.4 Å². The van der Waals surface area contributed by atoms with Gasteiger partial charge in [0, 0.05) is 15.0 Å². The smallest absolute Gasteiger partial charge is 0.245 e. The van der Waals surface area contributed by atoms with Gasteiger partial charge in [-0.1, -0.05) is 29.8 Å². The van der Waals surface area contributed by atoms with E-state index in [2.05, 4.69) is 5.48 Å². The van der Waals surface area contributed by atoms with Crippen molar-refractivity contribution in [2.45, 2.75) is 6.54 Å². The standard InChI is InChI=1S/C11H11ClN2O2S/c12-11-7-3-1-2-4-8(7)17-9(11)5-14-16-6-10(13)15/h1-4,14H,5-6H2,(H2,13,15). The van der Waals surface area contributed by atoms with E-state index in [1.165, 1.54) is 0 Å². The largest absolute Gasteiger partial charge is 0.368 e. The quantitative estimate of drug-likeness (QED) is 0.646. The molecule has 1 amide bonds. The van der Waals surface area contributed by atoms with E-state index in [0.717, 1.165) is 20.0 Å². The Morgan fingerprint density at radius 1 is 1.47 bits per heavy atom. The molecule has 0 unspecified atom stereocenters. The lowest BCUT2D eigenvalue weighted by atomic mass is 10.2. The average molecular weight is 271 g/mol. The number of thiophene rings is 1. The number of carbonyl (C=O) groups excluding carboxylic acids is 1. The van der Waals surface area contributed by atoms with Crippen molar-refractivity contribution in [2.75, 3.05) is 6.61 Å². The molecule has 3 N–H and O–H groups in total. The van der Waals surface area contributed by atoms with Crippen molar-refractivity contribution in [3.63, 3.8) is 0 Å². The number of hydrogen-bond donors (Lipinski definition) is 2. The van der Waals surface area contributed by atoms with Crippen molar-refractivity contribution in [1.82, 2.24) is 5.48 Å². The SMILES string of the molecule is NC(=O)CONCc1sc2ccccc2c1Cl. The summed E-state index contributed by atoms with van der Waals surface area (Å²) in [5.74, 6) is -0.514. The van der Waals surface area contributed by atoms with Crippen LogP contribution in [0, 0.1) is 0 Å². The normalized spacial score (nSPS) is 10.9. The molecule has 2 aromatic rings. The molecule has 1 heterocycles. The third-order valence-electron chi connectivity index (χ3n) is 2.15. The van der Waals surface area contributed by atoms with Crippen LogP contribution >= 0.6 is 22.9 Å². The van der Waals surface area contributed by atoms with Gasteiger partial charge in [0.05, 0.1) is 11.6 Å². The molecule has 0 spiro atoms. The van der Waals surface area contributed by atoms with Crippen LogP contribution in [0.4, 0.5) is 0 Å². The van der Waals surface area contributed by atoms with Crippen LogP contribution in [0.1, 0.15) is 4.88 Å². The first kappa shape index (κ1) is 12.3. The number of amides is 1. The molecule has 2 rings (SSSR count). The first-order valence-corrected chi connectivity index (χ1v) is 6.17. The number of hydrogen-bond acceptors (Lipinski definition) is 4. The molecule has 1 aromatic heterocycles. The van der Waals surface area contributed by atoms with Crippen molar-refractivity contribution in [1.29, 1.82) is 0 Å². The minimum absolute atomic E-state index is 0.150. The zero-order valence-electron chi connectivity index (χ0n) is 8.90. The lowest BCUT2D eigenvalue weighted by Crippen LogP contribution is -2.24. The lowest BCUT2D eigenvalue weighted by molar-refractivity contribution is -0.125. The van der Waals surface area contributed by atoms with Crippen LogP contribution in [0.5, 0.6) is 0 Å². The summed E-state index contributed by atoms with van der Waals surface area (Å²) in [6, 6.07) is 7.90. The van der Waals surface area contributed by atoms with Crippen LogP contribution in [0.2, 0.25) is 5.02 Å². The minimum atomic E-state index is -0.514. The van der Waals surface area contributed by atoms with Crippen molar-refractivity contribution < 1.29 is 9.63 Å². The highest BCUT2D eigenvalue weighted by Gasteiger charge is 2.09. The van der Waals surface area contributed by atoms with E-state index < -0.39 is 5.91 Å². The highest BCUT2D eigenvalue weighted by molar-refractivity contribution is 7.19. The third-order valence-corrected chi connectivity index (χ3v) is 3.87. The summed E-state index contributed by atoms with van der Waals surface area (Å²) >= 11 is 7.81. The molecule has 0 aliphatic carbocycles. The fourth-order valence-corrected chi connectivity index (χ4v) is 2.84. The van der Waals surface area contributed by atoms with E-state index >= 15 is 0 Å². The molecule has 90 valence electrons. The highest BCUT2D eigenvalue weighted by atomic mass is 35.5. The van der Waals surface area contributed by atoms with Gasteiger partial charge >= 0.3 is 0 Å². The Balaban J connectivity index is 2.04. The zero-order chi connectivity index (χ0) is 12.3. The van der Waals surface area contributed by atoms with Gasteiger partial charge in [-0.3, -0.25) is 9.63 Å². The minimum Gasteiger partial charge on any atom is -0.368 e. The molecule has 0 saturated carbocycles. The molecule has 1 aromatic carbocycles. The number of halogens is 1. The number of benzene rings is 1. The Morgan fingerprint density at radius 2 is 2.24 bits per heavy atom. The van der Waals surface area contributed by atoms with Gasteiger partial charge in [0.25, 0.3) is 0 Å². The molecule has 0 aliphatic heterocycles. The zero-order valence-corrected chi connectivity index (χ0v) is 10.5. The summed E-state index contributed by atoms with van der Waals surface area (Å²) in [4.78, 5) is 16.3. The molecule has 0 fully saturated rings. The molecule has 0 radical (unpaired) electrons. The van der Waals surface area contributed by atoms with Gasteiger partial charge in [-0.15, -0.1) is 11.3 Å². The van der Waals surface area contributed by atoms with E-state index in [-0.39, 0.29) is 6.61 Å². The summed E-state index contributed by atoms with van der Waals surface area (Å²) in [5.41, 5.74) is 7.60. The van der Waals surface area contributed by atoms with E-state index in [4.69, 9.17) is 22.2 Å². The van der Waals surface area contributed by atoms with E-state index in [0.29, 0.717) is 6.54 Å². The number of nitrogens with one attached hydrogen (secondary N) is 1. The van der Waals surface area contributed by atoms with Gasteiger partial charge in [-0.05, 0) is 6.07 Å². The van der Waals surface area contributed by atoms with Crippen LogP contribution < -0.4 is 11.2 Å². The summed E-state index contributed by atoms with van der Waals surface area (Å²) in [5, 5.41) is 1.76. The molecule has 4 nitrogen and oxygen atoms in total. The monoisotopic (exact) mass is 270 g/mol. The van der Waals surface area contributed by atoms with Gasteiger partial charge in [-0.25, -0.2) is 0 Å². The molecule has 0 aliphatic rings. The Hall–Kier alpha value is -1.14. The highest BCUT2D eigenvalue weighted by Crippen LogP contribution is 2.34. The van der Waals surface area contributed by atoms with E-state index in [1.54, 1.807) is 11.3 Å². The number of rotatable bonds is 5. The van der Waals surface area contributed by atoms with Gasteiger partial charge in [0.1, 0.15) is 6.61 Å². The van der Waals surface area contributed by atoms with Crippen LogP contribution in [-0.4, -0.2) is 12.5 Å². The predicted molar refractivity (Wildman–Crippen MR) is 68.8 cm³/mol. The fraction of sp³-hybridized carbons (Fsp3) is 0.182. The second-order valence-electron chi connectivity index (χ2n) is 3.41.